The van der Waals surface area contributed by atoms with Gasteiger partial charge in [-0.15, -0.1) is 11.8 Å². The number of aromatic nitrogens is 1. The highest BCUT2D eigenvalue weighted by molar-refractivity contribution is 7.99. The van der Waals surface area contributed by atoms with Crippen molar-refractivity contribution in [3.8, 4) is 0 Å². The van der Waals surface area contributed by atoms with E-state index >= 15 is 0 Å². The molecule has 2 nitrogen and oxygen atoms in total. The molecule has 94 valence electrons. The lowest BCUT2D eigenvalue weighted by Gasteiger charge is -2.04. The molecule has 0 aliphatic heterocycles. The average molecular weight is 258 g/mol. The topological polar surface area (TPSA) is 24.9 Å². The van der Waals surface area contributed by atoms with Gasteiger partial charge in [0.05, 0.1) is 0 Å². The maximum absolute atomic E-state index is 4.33. The number of aryl methyl sites for hydroxylation is 1. The molecule has 0 aliphatic rings. The van der Waals surface area contributed by atoms with Crippen LogP contribution in [-0.4, -0.2) is 17.8 Å². The molecule has 0 aliphatic carbocycles. The SMILES string of the molecule is CNCc1ccc(SCCc2ccccn2)cc1. The second-order valence-corrected chi connectivity index (χ2v) is 5.26. The molecule has 0 radical (unpaired) electrons. The van der Waals surface area contributed by atoms with Crippen LogP contribution in [0.4, 0.5) is 0 Å². The van der Waals surface area contributed by atoms with Crippen LogP contribution in [0.5, 0.6) is 0 Å². The fraction of sp³-hybridized carbons (Fsp3) is 0.267. The van der Waals surface area contributed by atoms with Crippen LogP contribution in [0, 0.1) is 0 Å². The Kier molecular flexibility index (Phi) is 5.24. The molecule has 0 spiro atoms. The van der Waals surface area contributed by atoms with Gasteiger partial charge in [0.15, 0.2) is 0 Å². The molecule has 0 amide bonds. The summed E-state index contributed by atoms with van der Waals surface area (Å²) >= 11 is 1.88. The molecule has 1 aromatic heterocycles. The maximum atomic E-state index is 4.33. The Morgan fingerprint density at radius 1 is 1.11 bits per heavy atom. The van der Waals surface area contributed by atoms with Gasteiger partial charge in [-0.2, -0.15) is 0 Å². The van der Waals surface area contributed by atoms with Crippen molar-refractivity contribution in [3.05, 3.63) is 59.9 Å². The molecule has 2 aromatic rings. The molecule has 18 heavy (non-hydrogen) atoms. The van der Waals surface area contributed by atoms with Crippen molar-refractivity contribution in [1.29, 1.82) is 0 Å². The summed E-state index contributed by atoms with van der Waals surface area (Å²) < 4.78 is 0. The van der Waals surface area contributed by atoms with Gasteiger partial charge in [-0.3, -0.25) is 4.98 Å². The summed E-state index contributed by atoms with van der Waals surface area (Å²) in [6.45, 7) is 0.929. The van der Waals surface area contributed by atoms with Crippen LogP contribution in [0.15, 0.2) is 53.6 Å². The van der Waals surface area contributed by atoms with Crippen LogP contribution in [0.25, 0.3) is 0 Å². The number of rotatable bonds is 6. The van der Waals surface area contributed by atoms with E-state index in [4.69, 9.17) is 0 Å². The first-order valence-corrected chi connectivity index (χ1v) is 7.13. The van der Waals surface area contributed by atoms with Gasteiger partial charge in [0, 0.05) is 29.1 Å². The first kappa shape index (κ1) is 13.1. The van der Waals surface area contributed by atoms with Gasteiger partial charge in [0.1, 0.15) is 0 Å². The third kappa shape index (κ3) is 4.17. The zero-order valence-corrected chi connectivity index (χ0v) is 11.4. The summed E-state index contributed by atoms with van der Waals surface area (Å²) in [5.74, 6) is 1.07. The lowest BCUT2D eigenvalue weighted by molar-refractivity contribution is 0.817. The standard InChI is InChI=1S/C15H18N2S/c1-16-12-13-5-7-15(8-6-13)18-11-9-14-4-2-3-10-17-14/h2-8,10,16H,9,11-12H2,1H3. The zero-order chi connectivity index (χ0) is 12.6. The molecule has 1 N–H and O–H groups in total. The van der Waals surface area contributed by atoms with Crippen LogP contribution in [0.1, 0.15) is 11.3 Å². The van der Waals surface area contributed by atoms with E-state index in [1.54, 1.807) is 0 Å². The number of nitrogens with zero attached hydrogens (tertiary/aromatic N) is 1. The predicted octanol–water partition coefficient (Wildman–Crippen LogP) is 3.14. The van der Waals surface area contributed by atoms with Gasteiger partial charge in [0.25, 0.3) is 0 Å². The number of hydrogen-bond donors (Lipinski definition) is 1. The van der Waals surface area contributed by atoms with Gasteiger partial charge in [-0.25, -0.2) is 0 Å². The van der Waals surface area contributed by atoms with Crippen molar-refractivity contribution in [2.45, 2.75) is 17.9 Å². The molecule has 0 unspecified atom stereocenters. The Labute approximate surface area is 113 Å². The van der Waals surface area contributed by atoms with Gasteiger partial charge in [-0.1, -0.05) is 18.2 Å². The third-order valence-electron chi connectivity index (χ3n) is 2.66. The van der Waals surface area contributed by atoms with Crippen molar-refractivity contribution < 1.29 is 0 Å². The van der Waals surface area contributed by atoms with E-state index in [0.717, 1.165) is 24.4 Å². The summed E-state index contributed by atoms with van der Waals surface area (Å²) in [4.78, 5) is 5.65. The van der Waals surface area contributed by atoms with Crippen LogP contribution in [-0.2, 0) is 13.0 Å². The second-order valence-electron chi connectivity index (χ2n) is 4.09. The number of thioether (sulfide) groups is 1. The highest BCUT2D eigenvalue weighted by atomic mass is 32.2. The maximum Gasteiger partial charge on any atom is 0.0411 e. The molecular formula is C15H18N2S. The first-order chi connectivity index (χ1) is 8.88. The van der Waals surface area contributed by atoms with Crippen molar-refractivity contribution in [1.82, 2.24) is 10.3 Å². The monoisotopic (exact) mass is 258 g/mol. The van der Waals surface area contributed by atoms with Gasteiger partial charge < -0.3 is 5.32 Å². The van der Waals surface area contributed by atoms with Crippen molar-refractivity contribution in [2.24, 2.45) is 0 Å². The minimum Gasteiger partial charge on any atom is -0.316 e. The number of pyridine rings is 1. The van der Waals surface area contributed by atoms with Gasteiger partial charge in [0.2, 0.25) is 0 Å². The van der Waals surface area contributed by atoms with Crippen LogP contribution < -0.4 is 5.32 Å². The molecule has 0 fully saturated rings. The molecule has 0 saturated carbocycles. The molecule has 0 atom stereocenters. The Bertz CT molecular complexity index is 454. The van der Waals surface area contributed by atoms with E-state index in [1.165, 1.54) is 10.5 Å². The fourth-order valence-corrected chi connectivity index (χ4v) is 2.60. The summed E-state index contributed by atoms with van der Waals surface area (Å²) in [5.41, 5.74) is 2.49. The Morgan fingerprint density at radius 2 is 1.94 bits per heavy atom. The van der Waals surface area contributed by atoms with Crippen molar-refractivity contribution in [2.75, 3.05) is 12.8 Å². The molecule has 3 heteroatoms. The quantitative estimate of drug-likeness (QED) is 0.806. The molecule has 1 aromatic carbocycles. The largest absolute Gasteiger partial charge is 0.316 e. The number of hydrogen-bond acceptors (Lipinski definition) is 3. The van der Waals surface area contributed by atoms with Crippen LogP contribution in [0.2, 0.25) is 0 Å². The third-order valence-corrected chi connectivity index (χ3v) is 3.67. The zero-order valence-electron chi connectivity index (χ0n) is 10.6. The molecule has 1 heterocycles. The Morgan fingerprint density at radius 3 is 2.61 bits per heavy atom. The van der Waals surface area contributed by atoms with Gasteiger partial charge in [-0.05, 0) is 43.3 Å². The lowest BCUT2D eigenvalue weighted by Crippen LogP contribution is -2.04. The van der Waals surface area contributed by atoms with E-state index in [-0.39, 0.29) is 0 Å². The first-order valence-electron chi connectivity index (χ1n) is 6.15. The highest BCUT2D eigenvalue weighted by Crippen LogP contribution is 2.19. The van der Waals surface area contributed by atoms with Gasteiger partial charge >= 0.3 is 0 Å². The Balaban J connectivity index is 1.80. The smallest absolute Gasteiger partial charge is 0.0411 e. The summed E-state index contributed by atoms with van der Waals surface area (Å²) in [7, 11) is 1.97. The van der Waals surface area contributed by atoms with Crippen LogP contribution >= 0.6 is 11.8 Å². The van der Waals surface area contributed by atoms with E-state index in [0.29, 0.717) is 0 Å². The van der Waals surface area contributed by atoms with Crippen molar-refractivity contribution >= 4 is 11.8 Å². The van der Waals surface area contributed by atoms with Crippen LogP contribution in [0.3, 0.4) is 0 Å². The van der Waals surface area contributed by atoms with E-state index in [9.17, 15) is 0 Å². The fourth-order valence-electron chi connectivity index (χ4n) is 1.73. The minimum atomic E-state index is 0.929. The molecule has 0 saturated heterocycles. The average Bonchev–Trinajstić information content (AvgIpc) is 2.42. The van der Waals surface area contributed by atoms with Crippen molar-refractivity contribution in [3.63, 3.8) is 0 Å². The summed E-state index contributed by atoms with van der Waals surface area (Å²) in [6.07, 6.45) is 2.87. The second kappa shape index (κ2) is 7.19. The highest BCUT2D eigenvalue weighted by Gasteiger charge is 1.97. The molecular weight excluding hydrogens is 240 g/mol. The summed E-state index contributed by atoms with van der Waals surface area (Å²) in [6, 6.07) is 14.8. The summed E-state index contributed by atoms with van der Waals surface area (Å²) in [5, 5.41) is 3.15. The normalized spacial score (nSPS) is 10.5. The molecule has 2 rings (SSSR count). The minimum absolute atomic E-state index is 0.929. The number of benzene rings is 1. The Hall–Kier alpha value is -1.32. The van der Waals surface area contributed by atoms with E-state index in [1.807, 2.05) is 37.1 Å². The predicted molar refractivity (Wildman–Crippen MR) is 77.9 cm³/mol. The molecule has 0 bridgehead atoms. The lowest BCUT2D eigenvalue weighted by atomic mass is 10.2. The number of nitrogens with one attached hydrogen (secondary N) is 1. The van der Waals surface area contributed by atoms with E-state index < -0.39 is 0 Å². The van der Waals surface area contributed by atoms with E-state index in [2.05, 4.69) is 40.6 Å².